The molecular weight excluding hydrogens is 613 g/mol. The van der Waals surface area contributed by atoms with Crippen molar-refractivity contribution in [2.75, 3.05) is 0 Å². The van der Waals surface area contributed by atoms with E-state index in [2.05, 4.69) is 132 Å². The van der Waals surface area contributed by atoms with Gasteiger partial charge in [-0.05, 0) is 53.6 Å². The fourth-order valence-corrected chi connectivity index (χ4v) is 7.09. The zero-order valence-corrected chi connectivity index (χ0v) is 26.9. The third-order valence-electron chi connectivity index (χ3n) is 9.44. The number of fused-ring (bicyclic) bond motifs is 7. The van der Waals surface area contributed by atoms with Gasteiger partial charge in [0.05, 0.1) is 11.0 Å². The predicted octanol–water partition coefficient (Wildman–Crippen LogP) is 11.5. The van der Waals surface area contributed by atoms with Crippen molar-refractivity contribution >= 4 is 43.7 Å². The third kappa shape index (κ3) is 4.60. The van der Waals surface area contributed by atoms with Crippen molar-refractivity contribution in [3.8, 4) is 51.0 Å². The maximum atomic E-state index is 6.82. The Kier molecular flexibility index (Phi) is 6.42. The standard InChI is InChI=1S/C45H28N4O/c1-4-13-29(14-5-1)31-17-12-18-32(27-31)44-46-43(30-15-6-2-7-16-30)47-45(48-44)33-23-24-36-38-26-25-37-35-21-10-11-22-39(35)49(34-19-8-3-9-20-34)41(37)42(38)50-40(36)28-33/h1-28H. The number of furan rings is 1. The van der Waals surface area contributed by atoms with Gasteiger partial charge in [0, 0.05) is 43.9 Å². The van der Waals surface area contributed by atoms with E-state index in [-0.39, 0.29) is 0 Å². The molecule has 0 saturated carbocycles. The lowest BCUT2D eigenvalue weighted by molar-refractivity contribution is 0.671. The number of aromatic nitrogens is 4. The lowest BCUT2D eigenvalue weighted by Gasteiger charge is -2.09. The molecule has 50 heavy (non-hydrogen) atoms. The SMILES string of the molecule is c1ccc(-c2cccc(-c3nc(-c4ccccc4)nc(-c4ccc5c(c4)oc4c5ccc5c6ccccc6n(-c6ccccc6)c54)n3)c2)cc1. The third-order valence-corrected chi connectivity index (χ3v) is 9.44. The highest BCUT2D eigenvalue weighted by Gasteiger charge is 2.20. The van der Waals surface area contributed by atoms with Gasteiger partial charge < -0.3 is 8.98 Å². The molecule has 0 spiro atoms. The fraction of sp³-hybridized carbons (Fsp3) is 0. The Balaban J connectivity index is 1.17. The van der Waals surface area contributed by atoms with Crippen LogP contribution in [0.1, 0.15) is 0 Å². The van der Waals surface area contributed by atoms with Crippen molar-refractivity contribution in [3.63, 3.8) is 0 Å². The fourth-order valence-electron chi connectivity index (χ4n) is 7.09. The summed E-state index contributed by atoms with van der Waals surface area (Å²) in [6.07, 6.45) is 0. The highest BCUT2D eigenvalue weighted by molar-refractivity contribution is 6.21. The molecule has 10 aromatic rings. The summed E-state index contributed by atoms with van der Waals surface area (Å²) in [4.78, 5) is 15.0. The van der Waals surface area contributed by atoms with Crippen molar-refractivity contribution in [2.45, 2.75) is 0 Å². The van der Waals surface area contributed by atoms with Gasteiger partial charge in [-0.2, -0.15) is 0 Å². The summed E-state index contributed by atoms with van der Waals surface area (Å²) in [5.74, 6) is 1.82. The molecule has 234 valence electrons. The quantitative estimate of drug-likeness (QED) is 0.188. The van der Waals surface area contributed by atoms with E-state index in [9.17, 15) is 0 Å². The molecular formula is C45H28N4O. The van der Waals surface area contributed by atoms with Gasteiger partial charge in [-0.15, -0.1) is 0 Å². The van der Waals surface area contributed by atoms with Crippen LogP contribution in [0.25, 0.3) is 94.7 Å². The summed E-state index contributed by atoms with van der Waals surface area (Å²) in [5.41, 5.74) is 9.89. The first-order valence-corrected chi connectivity index (χ1v) is 16.7. The van der Waals surface area contributed by atoms with Gasteiger partial charge in [0.15, 0.2) is 23.1 Å². The molecule has 0 unspecified atom stereocenters. The lowest BCUT2D eigenvalue weighted by Crippen LogP contribution is -2.00. The molecule has 0 aliphatic carbocycles. The van der Waals surface area contributed by atoms with Gasteiger partial charge in [0.2, 0.25) is 0 Å². The van der Waals surface area contributed by atoms with E-state index in [1.165, 1.54) is 5.39 Å². The summed E-state index contributed by atoms with van der Waals surface area (Å²) in [6, 6.07) is 58.5. The van der Waals surface area contributed by atoms with E-state index >= 15 is 0 Å². The highest BCUT2D eigenvalue weighted by atomic mass is 16.3. The molecule has 3 heterocycles. The maximum Gasteiger partial charge on any atom is 0.164 e. The molecule has 0 N–H and O–H groups in total. The van der Waals surface area contributed by atoms with Gasteiger partial charge in [-0.1, -0.05) is 127 Å². The van der Waals surface area contributed by atoms with Crippen LogP contribution in [0.5, 0.6) is 0 Å². The Morgan fingerprint density at radius 3 is 1.70 bits per heavy atom. The van der Waals surface area contributed by atoms with E-state index in [4.69, 9.17) is 19.4 Å². The summed E-state index contributed by atoms with van der Waals surface area (Å²) >= 11 is 0. The molecule has 0 amide bonds. The average Bonchev–Trinajstić information content (AvgIpc) is 3.74. The Morgan fingerprint density at radius 1 is 0.380 bits per heavy atom. The van der Waals surface area contributed by atoms with Gasteiger partial charge in [-0.3, -0.25) is 0 Å². The van der Waals surface area contributed by atoms with E-state index in [1.54, 1.807) is 0 Å². The van der Waals surface area contributed by atoms with Crippen LogP contribution < -0.4 is 0 Å². The zero-order chi connectivity index (χ0) is 33.0. The number of hydrogen-bond acceptors (Lipinski definition) is 4. The molecule has 7 aromatic carbocycles. The number of rotatable bonds is 5. The lowest BCUT2D eigenvalue weighted by atomic mass is 10.0. The minimum atomic E-state index is 0.588. The van der Waals surface area contributed by atoms with Crippen LogP contribution in [-0.2, 0) is 0 Å². The van der Waals surface area contributed by atoms with E-state index in [0.29, 0.717) is 17.5 Å². The Bertz CT molecular complexity index is 2860. The van der Waals surface area contributed by atoms with Crippen LogP contribution in [0.2, 0.25) is 0 Å². The predicted molar refractivity (Wildman–Crippen MR) is 203 cm³/mol. The van der Waals surface area contributed by atoms with Gasteiger partial charge >= 0.3 is 0 Å². The zero-order valence-electron chi connectivity index (χ0n) is 26.9. The Morgan fingerprint density at radius 2 is 0.940 bits per heavy atom. The maximum absolute atomic E-state index is 6.82. The first-order valence-electron chi connectivity index (χ1n) is 16.7. The van der Waals surface area contributed by atoms with Crippen molar-refractivity contribution in [1.29, 1.82) is 0 Å². The minimum Gasteiger partial charge on any atom is -0.454 e. The normalized spacial score (nSPS) is 11.6. The molecule has 0 saturated heterocycles. The van der Waals surface area contributed by atoms with Crippen molar-refractivity contribution < 1.29 is 4.42 Å². The van der Waals surface area contributed by atoms with Crippen LogP contribution in [0.4, 0.5) is 0 Å². The largest absolute Gasteiger partial charge is 0.454 e. The summed E-state index contributed by atoms with van der Waals surface area (Å²) < 4.78 is 9.13. The van der Waals surface area contributed by atoms with Crippen molar-refractivity contribution in [2.24, 2.45) is 0 Å². The van der Waals surface area contributed by atoms with Crippen LogP contribution in [0.3, 0.4) is 0 Å². The highest BCUT2D eigenvalue weighted by Crippen LogP contribution is 2.41. The number of para-hydroxylation sites is 2. The molecule has 5 nitrogen and oxygen atoms in total. The second-order valence-electron chi connectivity index (χ2n) is 12.5. The molecule has 5 heteroatoms. The summed E-state index contributed by atoms with van der Waals surface area (Å²) in [7, 11) is 0. The molecule has 0 bridgehead atoms. The molecule has 0 radical (unpaired) electrons. The molecule has 0 aliphatic heterocycles. The molecule has 0 aliphatic rings. The summed E-state index contributed by atoms with van der Waals surface area (Å²) in [5, 5.41) is 4.46. The topological polar surface area (TPSA) is 56.7 Å². The Labute approximate surface area is 287 Å². The molecule has 10 rings (SSSR count). The molecule has 0 fully saturated rings. The van der Waals surface area contributed by atoms with E-state index in [0.717, 1.165) is 71.9 Å². The Hall–Kier alpha value is -6.85. The van der Waals surface area contributed by atoms with Gasteiger partial charge in [0.25, 0.3) is 0 Å². The van der Waals surface area contributed by atoms with E-state index < -0.39 is 0 Å². The molecule has 3 aromatic heterocycles. The van der Waals surface area contributed by atoms with E-state index in [1.807, 2.05) is 42.5 Å². The van der Waals surface area contributed by atoms with Gasteiger partial charge in [-0.25, -0.2) is 15.0 Å². The first-order chi connectivity index (χ1) is 24.8. The van der Waals surface area contributed by atoms with Crippen LogP contribution in [0.15, 0.2) is 174 Å². The minimum absolute atomic E-state index is 0.588. The smallest absolute Gasteiger partial charge is 0.164 e. The monoisotopic (exact) mass is 640 g/mol. The first kappa shape index (κ1) is 28.2. The number of hydrogen-bond donors (Lipinski definition) is 0. The second kappa shape index (κ2) is 11.4. The van der Waals surface area contributed by atoms with Crippen molar-refractivity contribution in [1.82, 2.24) is 19.5 Å². The average molecular weight is 641 g/mol. The number of benzene rings is 7. The van der Waals surface area contributed by atoms with Crippen LogP contribution in [0, 0.1) is 0 Å². The summed E-state index contributed by atoms with van der Waals surface area (Å²) in [6.45, 7) is 0. The van der Waals surface area contributed by atoms with Gasteiger partial charge in [0.1, 0.15) is 5.58 Å². The van der Waals surface area contributed by atoms with Crippen LogP contribution >= 0.6 is 0 Å². The second-order valence-corrected chi connectivity index (χ2v) is 12.5. The molecule has 0 atom stereocenters. The van der Waals surface area contributed by atoms with Crippen LogP contribution in [-0.4, -0.2) is 19.5 Å². The number of nitrogens with zero attached hydrogens (tertiary/aromatic N) is 4. The van der Waals surface area contributed by atoms with Crippen molar-refractivity contribution in [3.05, 3.63) is 170 Å².